The maximum Gasteiger partial charge on any atom is 0.264 e. The molecule has 2 aromatic carbocycles. The molecule has 5 nitrogen and oxygen atoms in total. The van der Waals surface area contributed by atoms with Crippen LogP contribution in [-0.4, -0.2) is 28.9 Å². The normalized spacial score (nSPS) is 17.2. The number of anilines is 1. The molecule has 1 aliphatic rings. The highest BCUT2D eigenvalue weighted by molar-refractivity contribution is 6.42. The molecule has 0 bridgehead atoms. The quantitative estimate of drug-likeness (QED) is 0.671. The van der Waals surface area contributed by atoms with Crippen molar-refractivity contribution in [3.05, 3.63) is 57.6 Å². The lowest BCUT2D eigenvalue weighted by Crippen LogP contribution is -2.43. The van der Waals surface area contributed by atoms with Gasteiger partial charge in [0.2, 0.25) is 0 Å². The Labute approximate surface area is 180 Å². The molecule has 7 heteroatoms. The van der Waals surface area contributed by atoms with Gasteiger partial charge in [0, 0.05) is 29.4 Å². The molecular formula is C22H24Cl2N2O3. The van der Waals surface area contributed by atoms with Crippen LogP contribution in [0.2, 0.25) is 10.0 Å². The van der Waals surface area contributed by atoms with E-state index < -0.39 is 6.10 Å². The van der Waals surface area contributed by atoms with Crippen LogP contribution in [0.4, 0.5) is 5.69 Å². The zero-order valence-electron chi connectivity index (χ0n) is 16.7. The molecule has 3 rings (SSSR count). The van der Waals surface area contributed by atoms with E-state index in [9.17, 15) is 9.59 Å². The fraction of sp³-hybridized carbons (Fsp3) is 0.364. The van der Waals surface area contributed by atoms with Crippen molar-refractivity contribution in [1.29, 1.82) is 0 Å². The molecule has 0 saturated heterocycles. The largest absolute Gasteiger partial charge is 0.480 e. The van der Waals surface area contributed by atoms with Crippen molar-refractivity contribution in [2.24, 2.45) is 0 Å². The van der Waals surface area contributed by atoms with E-state index >= 15 is 0 Å². The Bertz CT molecular complexity index is 932. The Hall–Kier alpha value is -2.24. The third kappa shape index (κ3) is 4.68. The van der Waals surface area contributed by atoms with Crippen molar-refractivity contribution in [3.63, 3.8) is 0 Å². The average molecular weight is 435 g/mol. The van der Waals surface area contributed by atoms with Crippen LogP contribution in [0.15, 0.2) is 36.4 Å². The van der Waals surface area contributed by atoms with Gasteiger partial charge in [0.1, 0.15) is 5.75 Å². The van der Waals surface area contributed by atoms with Crippen molar-refractivity contribution < 1.29 is 14.3 Å². The maximum atomic E-state index is 12.9. The number of carbonyl (C=O) groups is 2. The second-order valence-electron chi connectivity index (χ2n) is 7.14. The van der Waals surface area contributed by atoms with E-state index in [0.29, 0.717) is 40.0 Å². The van der Waals surface area contributed by atoms with Gasteiger partial charge in [-0.25, -0.2) is 0 Å². The summed E-state index contributed by atoms with van der Waals surface area (Å²) < 4.78 is 5.98. The van der Waals surface area contributed by atoms with E-state index in [4.69, 9.17) is 27.9 Å². The number of nitrogens with zero attached hydrogens (tertiary/aromatic N) is 1. The molecular weight excluding hydrogens is 411 g/mol. The molecule has 0 radical (unpaired) electrons. The number of halogens is 2. The summed E-state index contributed by atoms with van der Waals surface area (Å²) in [6.45, 7) is 6.47. The molecule has 1 N–H and O–H groups in total. The van der Waals surface area contributed by atoms with E-state index in [1.165, 1.54) is 6.07 Å². The molecule has 2 aromatic rings. The molecule has 1 aliphatic heterocycles. The van der Waals surface area contributed by atoms with Gasteiger partial charge in [-0.15, -0.1) is 0 Å². The average Bonchev–Trinajstić information content (AvgIpc) is 2.85. The molecule has 0 fully saturated rings. The van der Waals surface area contributed by atoms with Gasteiger partial charge in [0.15, 0.2) is 6.10 Å². The molecule has 29 heavy (non-hydrogen) atoms. The number of nitrogens with one attached hydrogen (secondary N) is 1. The lowest BCUT2D eigenvalue weighted by atomic mass is 10.1. The second-order valence-corrected chi connectivity index (χ2v) is 7.96. The summed E-state index contributed by atoms with van der Waals surface area (Å²) in [5.41, 5.74) is 1.89. The van der Waals surface area contributed by atoms with Crippen molar-refractivity contribution in [2.75, 3.05) is 5.32 Å². The van der Waals surface area contributed by atoms with Crippen LogP contribution < -0.4 is 10.1 Å². The molecule has 0 saturated carbocycles. The first-order valence-electron chi connectivity index (χ1n) is 9.70. The van der Waals surface area contributed by atoms with Gasteiger partial charge in [0.25, 0.3) is 11.8 Å². The smallest absolute Gasteiger partial charge is 0.264 e. The molecule has 0 aliphatic carbocycles. The Balaban J connectivity index is 1.87. The minimum atomic E-state index is -0.498. The number of hydrogen-bond donors (Lipinski definition) is 1. The number of amides is 2. The Morgan fingerprint density at radius 2 is 1.97 bits per heavy atom. The lowest BCUT2D eigenvalue weighted by molar-refractivity contribution is -0.140. The molecule has 2 atom stereocenters. The van der Waals surface area contributed by atoms with Gasteiger partial charge in [-0.1, -0.05) is 37.0 Å². The van der Waals surface area contributed by atoms with Crippen molar-refractivity contribution >= 4 is 40.7 Å². The lowest BCUT2D eigenvalue weighted by Gasteiger charge is -2.28. The minimum absolute atomic E-state index is 0.000517. The molecule has 2 amide bonds. The highest BCUT2D eigenvalue weighted by atomic mass is 35.5. The number of benzene rings is 2. The highest BCUT2D eigenvalue weighted by Crippen LogP contribution is 2.31. The Kier molecular flexibility index (Phi) is 6.70. The monoisotopic (exact) mass is 434 g/mol. The predicted octanol–water partition coefficient (Wildman–Crippen LogP) is 5.54. The van der Waals surface area contributed by atoms with E-state index in [2.05, 4.69) is 12.2 Å². The van der Waals surface area contributed by atoms with E-state index in [-0.39, 0.29) is 17.9 Å². The summed E-state index contributed by atoms with van der Waals surface area (Å²) in [5, 5.41) is 3.59. The van der Waals surface area contributed by atoms with E-state index in [1.54, 1.807) is 24.3 Å². The van der Waals surface area contributed by atoms with Gasteiger partial charge in [-0.2, -0.15) is 0 Å². The van der Waals surface area contributed by atoms with Gasteiger partial charge in [-0.3, -0.25) is 9.59 Å². The van der Waals surface area contributed by atoms with Crippen molar-refractivity contribution in [1.82, 2.24) is 4.90 Å². The van der Waals surface area contributed by atoms with Crippen LogP contribution in [0.3, 0.4) is 0 Å². The maximum absolute atomic E-state index is 12.9. The minimum Gasteiger partial charge on any atom is -0.480 e. The fourth-order valence-electron chi connectivity index (χ4n) is 3.24. The molecule has 154 valence electrons. The van der Waals surface area contributed by atoms with Crippen LogP contribution in [-0.2, 0) is 11.3 Å². The number of carbonyl (C=O) groups excluding carboxylic acids is 2. The van der Waals surface area contributed by atoms with Crippen molar-refractivity contribution in [2.45, 2.75) is 52.3 Å². The predicted molar refractivity (Wildman–Crippen MR) is 116 cm³/mol. The van der Waals surface area contributed by atoms with Gasteiger partial charge >= 0.3 is 0 Å². The number of hydrogen-bond acceptors (Lipinski definition) is 3. The third-order valence-corrected chi connectivity index (χ3v) is 5.90. The first-order valence-corrected chi connectivity index (χ1v) is 10.5. The summed E-state index contributed by atoms with van der Waals surface area (Å²) in [6.07, 6.45) is 0.952. The zero-order chi connectivity index (χ0) is 21.1. The molecule has 0 aromatic heterocycles. The van der Waals surface area contributed by atoms with Gasteiger partial charge in [-0.05, 0) is 56.2 Å². The molecule has 0 spiro atoms. The first kappa shape index (κ1) is 21.5. The van der Waals surface area contributed by atoms with Gasteiger partial charge in [0.05, 0.1) is 10.0 Å². The summed E-state index contributed by atoms with van der Waals surface area (Å²) in [6, 6.07) is 10.3. The highest BCUT2D eigenvalue weighted by Gasteiger charge is 2.32. The number of ether oxygens (including phenoxy) is 1. The topological polar surface area (TPSA) is 58.6 Å². The zero-order valence-corrected chi connectivity index (χ0v) is 18.2. The standard InChI is InChI=1S/C22H24Cl2N2O3/c1-4-13(3)26-12-15-10-16(7-9-20(15)29-19(5-2)22(26)28)25-21(27)14-6-8-17(23)18(24)11-14/h6-11,13,19H,4-5,12H2,1-3H3,(H,25,27). The van der Waals surface area contributed by atoms with Gasteiger partial charge < -0.3 is 15.0 Å². The number of fused-ring (bicyclic) bond motifs is 1. The first-order chi connectivity index (χ1) is 13.8. The Morgan fingerprint density at radius 1 is 1.21 bits per heavy atom. The SMILES string of the molecule is CCC1Oc2ccc(NC(=O)c3ccc(Cl)c(Cl)c3)cc2CN(C(C)CC)C1=O. The second kappa shape index (κ2) is 9.06. The molecule has 1 heterocycles. The fourth-order valence-corrected chi connectivity index (χ4v) is 3.54. The summed E-state index contributed by atoms with van der Waals surface area (Å²) in [5.74, 6) is 0.377. The third-order valence-electron chi connectivity index (χ3n) is 5.16. The van der Waals surface area contributed by atoms with E-state index in [0.717, 1.165) is 12.0 Å². The van der Waals surface area contributed by atoms with Crippen molar-refractivity contribution in [3.8, 4) is 5.75 Å². The van der Waals surface area contributed by atoms with Crippen LogP contribution in [0.25, 0.3) is 0 Å². The van der Waals surface area contributed by atoms with Crippen LogP contribution in [0, 0.1) is 0 Å². The summed E-state index contributed by atoms with van der Waals surface area (Å²) in [7, 11) is 0. The summed E-state index contributed by atoms with van der Waals surface area (Å²) >= 11 is 11.9. The summed E-state index contributed by atoms with van der Waals surface area (Å²) in [4.78, 5) is 27.3. The van der Waals surface area contributed by atoms with Crippen LogP contribution in [0.5, 0.6) is 5.75 Å². The number of rotatable bonds is 5. The van der Waals surface area contributed by atoms with Crippen LogP contribution >= 0.6 is 23.2 Å². The van der Waals surface area contributed by atoms with Crippen LogP contribution in [0.1, 0.15) is 49.5 Å². The Morgan fingerprint density at radius 3 is 2.62 bits per heavy atom. The molecule has 2 unspecified atom stereocenters. The van der Waals surface area contributed by atoms with E-state index in [1.807, 2.05) is 24.8 Å².